The Hall–Kier alpha value is -0.460. The highest BCUT2D eigenvalue weighted by Crippen LogP contribution is 2.17. The van der Waals surface area contributed by atoms with E-state index in [0.717, 1.165) is 9.37 Å². The van der Waals surface area contributed by atoms with Crippen molar-refractivity contribution in [2.75, 3.05) is 0 Å². The minimum absolute atomic E-state index is 0.624. The van der Waals surface area contributed by atoms with Crippen molar-refractivity contribution in [3.05, 3.63) is 28.2 Å². The molecule has 0 heterocycles. The van der Waals surface area contributed by atoms with Crippen LogP contribution in [0.25, 0.3) is 0 Å². The van der Waals surface area contributed by atoms with E-state index in [-0.39, 0.29) is 0 Å². The second-order valence-corrected chi connectivity index (χ2v) is 3.24. The van der Waals surface area contributed by atoms with Gasteiger partial charge in [0.25, 0.3) is 0 Å². The first kappa shape index (κ1) is 7.64. The minimum atomic E-state index is 0.624. The Kier molecular flexibility index (Phi) is 2.36. The van der Waals surface area contributed by atoms with Gasteiger partial charge < -0.3 is 0 Å². The van der Waals surface area contributed by atoms with Crippen molar-refractivity contribution in [1.29, 1.82) is 5.26 Å². The molecule has 0 bridgehead atoms. The third kappa shape index (κ3) is 1.76. The molecule has 10 heavy (non-hydrogen) atoms. The third-order valence-corrected chi connectivity index (χ3v) is 1.73. The number of benzene rings is 1. The van der Waals surface area contributed by atoms with Crippen molar-refractivity contribution in [3.8, 4) is 6.07 Å². The van der Waals surface area contributed by atoms with Crippen LogP contribution < -0.4 is 0 Å². The van der Waals surface area contributed by atoms with Crippen LogP contribution in [-0.4, -0.2) is 0 Å². The van der Waals surface area contributed by atoms with E-state index >= 15 is 0 Å². The van der Waals surface area contributed by atoms with E-state index in [0.29, 0.717) is 5.56 Å². The minimum Gasteiger partial charge on any atom is -0.192 e. The lowest BCUT2D eigenvalue weighted by Crippen LogP contribution is -1.74. The zero-order chi connectivity index (χ0) is 7.56. The number of rotatable bonds is 0. The van der Waals surface area contributed by atoms with E-state index in [1.165, 1.54) is 0 Å². The maximum atomic E-state index is 8.48. The Morgan fingerprint density at radius 3 is 2.60 bits per heavy atom. The number of thiol groups is 1. The third-order valence-electron chi connectivity index (χ3n) is 1.01. The Morgan fingerprint density at radius 1 is 1.40 bits per heavy atom. The van der Waals surface area contributed by atoms with Gasteiger partial charge >= 0.3 is 0 Å². The summed E-state index contributed by atoms with van der Waals surface area (Å²) in [6.45, 7) is 0. The molecule has 0 aliphatic carbocycles. The lowest BCUT2D eigenvalue weighted by molar-refractivity contribution is 1.39. The van der Waals surface area contributed by atoms with Gasteiger partial charge in [-0.15, -0.1) is 12.6 Å². The number of nitrogens with zero attached hydrogens (tertiary/aromatic N) is 1. The van der Waals surface area contributed by atoms with Crippen molar-refractivity contribution >= 4 is 28.6 Å². The molecule has 0 N–H and O–H groups in total. The molecule has 0 radical (unpaired) electrons. The summed E-state index contributed by atoms with van der Waals surface area (Å²) >= 11 is 7.35. The molecule has 1 aromatic carbocycles. The van der Waals surface area contributed by atoms with Crippen LogP contribution in [0.15, 0.2) is 27.6 Å². The molecule has 0 aromatic heterocycles. The molecule has 0 unspecified atom stereocenters. The van der Waals surface area contributed by atoms with Crippen LogP contribution in [0.3, 0.4) is 0 Å². The molecule has 1 rings (SSSR count). The number of hydrogen-bond acceptors (Lipinski definition) is 2. The summed E-state index contributed by atoms with van der Waals surface area (Å²) < 4.78 is 0.886. The van der Waals surface area contributed by atoms with Crippen molar-refractivity contribution in [1.82, 2.24) is 0 Å². The second kappa shape index (κ2) is 3.09. The molecule has 0 amide bonds. The van der Waals surface area contributed by atoms with Gasteiger partial charge in [-0.2, -0.15) is 5.26 Å². The summed E-state index contributed by atoms with van der Waals surface area (Å²) in [6.07, 6.45) is 0. The van der Waals surface area contributed by atoms with Gasteiger partial charge in [-0.05, 0) is 18.2 Å². The number of nitriles is 1. The van der Waals surface area contributed by atoms with Gasteiger partial charge in [0.15, 0.2) is 0 Å². The molecule has 50 valence electrons. The van der Waals surface area contributed by atoms with E-state index in [1.54, 1.807) is 12.1 Å². The van der Waals surface area contributed by atoms with Crippen molar-refractivity contribution < 1.29 is 0 Å². The fourth-order valence-electron chi connectivity index (χ4n) is 0.639. The first-order valence-corrected chi connectivity index (χ1v) is 3.86. The van der Waals surface area contributed by atoms with E-state index in [2.05, 4.69) is 28.6 Å². The van der Waals surface area contributed by atoms with Crippen LogP contribution in [0.5, 0.6) is 0 Å². The van der Waals surface area contributed by atoms with E-state index in [1.807, 2.05) is 12.1 Å². The summed E-state index contributed by atoms with van der Waals surface area (Å²) in [5.41, 5.74) is 0.624. The molecule has 1 nitrogen and oxygen atoms in total. The van der Waals surface area contributed by atoms with Gasteiger partial charge in [0.2, 0.25) is 0 Å². The molecule has 0 aliphatic heterocycles. The summed E-state index contributed by atoms with van der Waals surface area (Å²) in [5, 5.41) is 8.48. The van der Waals surface area contributed by atoms with E-state index in [4.69, 9.17) is 5.26 Å². The van der Waals surface area contributed by atoms with Gasteiger partial charge in [-0.1, -0.05) is 15.9 Å². The first-order valence-electron chi connectivity index (χ1n) is 2.62. The Balaban J connectivity index is 3.22. The highest BCUT2D eigenvalue weighted by molar-refractivity contribution is 9.10. The summed E-state index contributed by atoms with van der Waals surface area (Å²) in [5.74, 6) is 0. The topological polar surface area (TPSA) is 23.8 Å². The summed E-state index contributed by atoms with van der Waals surface area (Å²) in [4.78, 5) is 0.797. The van der Waals surface area contributed by atoms with Crippen LogP contribution >= 0.6 is 28.6 Å². The molecule has 1 aromatic rings. The second-order valence-electron chi connectivity index (χ2n) is 1.81. The Labute approximate surface area is 73.2 Å². The SMILES string of the molecule is N#Cc1cc(S)cc(Br)c1. The molecule has 0 atom stereocenters. The fourth-order valence-corrected chi connectivity index (χ4v) is 1.59. The van der Waals surface area contributed by atoms with Crippen LogP contribution in [-0.2, 0) is 0 Å². The number of hydrogen-bond donors (Lipinski definition) is 1. The number of halogens is 1. The predicted octanol–water partition coefficient (Wildman–Crippen LogP) is 2.61. The standard InChI is InChI=1S/C7H4BrNS/c8-6-1-5(4-9)2-7(10)3-6/h1-3,10H. The maximum Gasteiger partial charge on any atom is 0.0992 e. The van der Waals surface area contributed by atoms with Gasteiger partial charge in [0, 0.05) is 9.37 Å². The molecule has 0 spiro atoms. The molecular formula is C7H4BrNS. The van der Waals surface area contributed by atoms with Crippen LogP contribution in [0.2, 0.25) is 0 Å². The average Bonchev–Trinajstić information content (AvgIpc) is 1.85. The summed E-state index contributed by atoms with van der Waals surface area (Å²) in [7, 11) is 0. The van der Waals surface area contributed by atoms with Crippen LogP contribution in [0, 0.1) is 11.3 Å². The monoisotopic (exact) mass is 213 g/mol. The zero-order valence-corrected chi connectivity index (χ0v) is 7.48. The Morgan fingerprint density at radius 2 is 2.10 bits per heavy atom. The molecule has 0 saturated heterocycles. The lowest BCUT2D eigenvalue weighted by Gasteiger charge is -1.93. The highest BCUT2D eigenvalue weighted by Gasteiger charge is 1.93. The predicted molar refractivity (Wildman–Crippen MR) is 46.1 cm³/mol. The van der Waals surface area contributed by atoms with Gasteiger partial charge in [-0.3, -0.25) is 0 Å². The molecule has 3 heteroatoms. The fraction of sp³-hybridized carbons (Fsp3) is 0. The Bertz CT molecular complexity index is 270. The largest absolute Gasteiger partial charge is 0.192 e. The van der Waals surface area contributed by atoms with Crippen LogP contribution in [0.1, 0.15) is 5.56 Å². The van der Waals surface area contributed by atoms with Crippen LogP contribution in [0.4, 0.5) is 0 Å². The van der Waals surface area contributed by atoms with Crippen molar-refractivity contribution in [3.63, 3.8) is 0 Å². The van der Waals surface area contributed by atoms with E-state index < -0.39 is 0 Å². The normalized spacial score (nSPS) is 8.90. The molecule has 0 aliphatic rings. The van der Waals surface area contributed by atoms with Gasteiger partial charge in [-0.25, -0.2) is 0 Å². The van der Waals surface area contributed by atoms with Gasteiger partial charge in [0.05, 0.1) is 11.6 Å². The molecule has 0 saturated carbocycles. The first-order chi connectivity index (χ1) is 4.72. The average molecular weight is 214 g/mol. The zero-order valence-electron chi connectivity index (χ0n) is 5.00. The van der Waals surface area contributed by atoms with E-state index in [9.17, 15) is 0 Å². The summed E-state index contributed by atoms with van der Waals surface area (Å²) in [6, 6.07) is 7.33. The van der Waals surface area contributed by atoms with Gasteiger partial charge in [0.1, 0.15) is 0 Å². The molecule has 0 fully saturated rings. The quantitative estimate of drug-likeness (QED) is 0.659. The highest BCUT2D eigenvalue weighted by atomic mass is 79.9. The lowest BCUT2D eigenvalue weighted by atomic mass is 10.2. The van der Waals surface area contributed by atoms with Crippen molar-refractivity contribution in [2.24, 2.45) is 0 Å². The maximum absolute atomic E-state index is 8.48. The molecular weight excluding hydrogens is 210 g/mol. The van der Waals surface area contributed by atoms with Crippen molar-refractivity contribution in [2.45, 2.75) is 4.90 Å². The smallest absolute Gasteiger partial charge is 0.0992 e.